The molecule has 0 saturated carbocycles. The van der Waals surface area contributed by atoms with Gasteiger partial charge in [-0.2, -0.15) is 0 Å². The molecule has 1 saturated heterocycles. The molecule has 0 aliphatic carbocycles. The Kier molecular flexibility index (Phi) is 4.16. The van der Waals surface area contributed by atoms with Gasteiger partial charge in [-0.25, -0.2) is 0 Å². The van der Waals surface area contributed by atoms with Gasteiger partial charge in [-0.1, -0.05) is 0 Å². The predicted octanol–water partition coefficient (Wildman–Crippen LogP) is -0.293. The van der Waals surface area contributed by atoms with E-state index in [0.29, 0.717) is 11.3 Å². The number of hydrogen-bond acceptors (Lipinski definition) is 6. The van der Waals surface area contributed by atoms with Crippen molar-refractivity contribution in [1.29, 1.82) is 0 Å². The van der Waals surface area contributed by atoms with E-state index < -0.39 is 31.2 Å². The van der Waals surface area contributed by atoms with E-state index in [-0.39, 0.29) is 5.78 Å². The second kappa shape index (κ2) is 5.66. The first-order chi connectivity index (χ1) is 9.02. The minimum Gasteiger partial charge on any atom is -0.462 e. The van der Waals surface area contributed by atoms with Crippen molar-refractivity contribution >= 4 is 5.78 Å². The van der Waals surface area contributed by atoms with Gasteiger partial charge in [0.25, 0.3) is 0 Å². The first kappa shape index (κ1) is 14.0. The van der Waals surface area contributed by atoms with E-state index in [4.69, 9.17) is 14.6 Å². The normalized spacial score (nSPS) is 30.3. The summed E-state index contributed by atoms with van der Waals surface area (Å²) >= 11 is 0. The lowest BCUT2D eigenvalue weighted by Gasteiger charge is -2.16. The number of ether oxygens (including phenoxy) is 2. The third-order valence-electron chi connectivity index (χ3n) is 3.01. The lowest BCUT2D eigenvalue weighted by atomic mass is 10.1. The van der Waals surface area contributed by atoms with Crippen molar-refractivity contribution in [3.8, 4) is 5.75 Å². The third-order valence-corrected chi connectivity index (χ3v) is 3.01. The fourth-order valence-corrected chi connectivity index (χ4v) is 1.87. The molecule has 0 radical (unpaired) electrons. The van der Waals surface area contributed by atoms with Gasteiger partial charge < -0.3 is 24.8 Å². The average Bonchev–Trinajstić information content (AvgIpc) is 2.67. The average molecular weight is 268 g/mol. The Hall–Kier alpha value is -1.47. The Bertz CT molecular complexity index is 443. The summed E-state index contributed by atoms with van der Waals surface area (Å²) in [6.45, 7) is 1.06. The molecule has 0 amide bonds. The van der Waals surface area contributed by atoms with Gasteiger partial charge in [0.1, 0.15) is 24.1 Å². The van der Waals surface area contributed by atoms with E-state index >= 15 is 0 Å². The second-order valence-electron chi connectivity index (χ2n) is 4.41. The molecular formula is C13H16O6. The quantitative estimate of drug-likeness (QED) is 0.649. The molecule has 19 heavy (non-hydrogen) atoms. The molecule has 3 N–H and O–H groups in total. The lowest BCUT2D eigenvalue weighted by molar-refractivity contribution is -0.116. The number of rotatable bonds is 4. The summed E-state index contributed by atoms with van der Waals surface area (Å²) in [4.78, 5) is 11.1. The van der Waals surface area contributed by atoms with Crippen LogP contribution >= 0.6 is 0 Å². The fourth-order valence-electron chi connectivity index (χ4n) is 1.87. The van der Waals surface area contributed by atoms with Gasteiger partial charge in [0.2, 0.25) is 6.29 Å². The van der Waals surface area contributed by atoms with Crippen molar-refractivity contribution in [2.75, 3.05) is 6.61 Å². The third kappa shape index (κ3) is 2.93. The van der Waals surface area contributed by atoms with Crippen molar-refractivity contribution in [2.45, 2.75) is 31.5 Å². The van der Waals surface area contributed by atoms with Crippen LogP contribution in [-0.4, -0.2) is 52.3 Å². The highest BCUT2D eigenvalue weighted by atomic mass is 16.7. The van der Waals surface area contributed by atoms with Gasteiger partial charge in [-0.05, 0) is 31.2 Å². The van der Waals surface area contributed by atoms with E-state index in [2.05, 4.69) is 0 Å². The van der Waals surface area contributed by atoms with Crippen LogP contribution in [0.5, 0.6) is 5.75 Å². The fraction of sp³-hybridized carbons (Fsp3) is 0.462. The second-order valence-corrected chi connectivity index (χ2v) is 4.41. The molecule has 0 unspecified atom stereocenters. The van der Waals surface area contributed by atoms with Crippen molar-refractivity contribution in [3.05, 3.63) is 29.8 Å². The van der Waals surface area contributed by atoms with Gasteiger partial charge in [0, 0.05) is 5.56 Å². The first-order valence-corrected chi connectivity index (χ1v) is 5.93. The minimum atomic E-state index is -1.23. The highest BCUT2D eigenvalue weighted by Crippen LogP contribution is 2.24. The van der Waals surface area contributed by atoms with Gasteiger partial charge in [-0.15, -0.1) is 0 Å². The number of benzene rings is 1. The van der Waals surface area contributed by atoms with E-state index in [0.717, 1.165) is 0 Å². The zero-order chi connectivity index (χ0) is 14.0. The van der Waals surface area contributed by atoms with Gasteiger partial charge in [0.05, 0.1) is 6.61 Å². The smallest absolute Gasteiger partial charge is 0.229 e. The Morgan fingerprint density at radius 3 is 2.37 bits per heavy atom. The Morgan fingerprint density at radius 1 is 1.26 bits per heavy atom. The monoisotopic (exact) mass is 268 g/mol. The Balaban J connectivity index is 2.03. The summed E-state index contributed by atoms with van der Waals surface area (Å²) in [5.41, 5.74) is 0.550. The maximum Gasteiger partial charge on any atom is 0.229 e. The zero-order valence-electron chi connectivity index (χ0n) is 10.4. The molecule has 1 aliphatic rings. The first-order valence-electron chi connectivity index (χ1n) is 5.93. The van der Waals surface area contributed by atoms with Crippen LogP contribution in [0, 0.1) is 0 Å². The van der Waals surface area contributed by atoms with Crippen LogP contribution in [-0.2, 0) is 4.74 Å². The minimum absolute atomic E-state index is 0.0560. The highest BCUT2D eigenvalue weighted by Gasteiger charge is 2.43. The van der Waals surface area contributed by atoms with E-state index in [1.54, 1.807) is 24.3 Å². The van der Waals surface area contributed by atoms with Crippen LogP contribution in [0.15, 0.2) is 24.3 Å². The molecule has 0 bridgehead atoms. The number of aliphatic hydroxyl groups excluding tert-OH is 3. The molecule has 1 aromatic rings. The number of carbonyl (C=O) groups is 1. The number of Topliss-reactive ketones (excluding diaryl/α,β-unsaturated/α-hetero) is 1. The number of ketones is 1. The number of aliphatic hydroxyl groups is 3. The van der Waals surface area contributed by atoms with Gasteiger partial charge in [-0.3, -0.25) is 4.79 Å². The largest absolute Gasteiger partial charge is 0.462 e. The van der Waals surface area contributed by atoms with Crippen LogP contribution < -0.4 is 4.74 Å². The van der Waals surface area contributed by atoms with Crippen molar-refractivity contribution < 1.29 is 29.6 Å². The van der Waals surface area contributed by atoms with Gasteiger partial charge >= 0.3 is 0 Å². The molecule has 0 spiro atoms. The molecule has 1 aliphatic heterocycles. The summed E-state index contributed by atoms with van der Waals surface area (Å²) in [5.74, 6) is 0.347. The van der Waals surface area contributed by atoms with E-state index in [1.807, 2.05) is 0 Å². The van der Waals surface area contributed by atoms with Crippen molar-refractivity contribution in [2.24, 2.45) is 0 Å². The maximum atomic E-state index is 11.1. The Labute approximate surface area is 110 Å². The van der Waals surface area contributed by atoms with Crippen molar-refractivity contribution in [1.82, 2.24) is 0 Å². The summed E-state index contributed by atoms with van der Waals surface area (Å²) < 4.78 is 10.5. The van der Waals surface area contributed by atoms with E-state index in [1.165, 1.54) is 6.92 Å². The Morgan fingerprint density at radius 2 is 1.89 bits per heavy atom. The maximum absolute atomic E-state index is 11.1. The van der Waals surface area contributed by atoms with Crippen LogP contribution in [0.4, 0.5) is 0 Å². The molecule has 6 nitrogen and oxygen atoms in total. The van der Waals surface area contributed by atoms with Crippen LogP contribution in [0.3, 0.4) is 0 Å². The summed E-state index contributed by atoms with van der Waals surface area (Å²) in [6, 6.07) is 6.34. The SMILES string of the molecule is CC(=O)c1ccc(O[C@H]2O[C@H](CO)[C@@H](O)[C@H]2O)cc1. The van der Waals surface area contributed by atoms with Crippen LogP contribution in [0.1, 0.15) is 17.3 Å². The topological polar surface area (TPSA) is 96.2 Å². The standard InChI is InChI=1S/C13H16O6/c1-7(15)8-2-4-9(5-3-8)18-13-12(17)11(16)10(6-14)19-13/h2-5,10-14,16-17H,6H2,1H3/t10-,11-,12-,13+/m1/s1. The van der Waals surface area contributed by atoms with Crippen LogP contribution in [0.2, 0.25) is 0 Å². The molecule has 1 heterocycles. The number of carbonyl (C=O) groups excluding carboxylic acids is 1. The summed E-state index contributed by atoms with van der Waals surface area (Å²) in [7, 11) is 0. The molecule has 104 valence electrons. The zero-order valence-corrected chi connectivity index (χ0v) is 10.4. The highest BCUT2D eigenvalue weighted by molar-refractivity contribution is 5.94. The molecular weight excluding hydrogens is 252 g/mol. The molecule has 1 aromatic carbocycles. The molecule has 0 aromatic heterocycles. The van der Waals surface area contributed by atoms with Gasteiger partial charge in [0.15, 0.2) is 5.78 Å². The van der Waals surface area contributed by atoms with Crippen molar-refractivity contribution in [3.63, 3.8) is 0 Å². The van der Waals surface area contributed by atoms with E-state index in [9.17, 15) is 15.0 Å². The number of hydrogen-bond donors (Lipinski definition) is 3. The molecule has 4 atom stereocenters. The summed E-state index contributed by atoms with van der Waals surface area (Å²) in [5, 5.41) is 28.2. The lowest BCUT2D eigenvalue weighted by Crippen LogP contribution is -2.35. The molecule has 2 rings (SSSR count). The molecule has 6 heteroatoms. The summed E-state index contributed by atoms with van der Waals surface area (Å²) in [6.07, 6.45) is -4.33. The molecule has 1 fully saturated rings. The predicted molar refractivity (Wildman–Crippen MR) is 64.8 cm³/mol. The van der Waals surface area contributed by atoms with Crippen LogP contribution in [0.25, 0.3) is 0 Å².